The minimum atomic E-state index is -0.658. The van der Waals surface area contributed by atoms with Gasteiger partial charge in [0, 0.05) is 19.5 Å². The number of nitrogens with one attached hydrogen (secondary N) is 1. The topological polar surface area (TPSA) is 49.4 Å². The van der Waals surface area contributed by atoms with E-state index in [1.807, 2.05) is 6.92 Å². The fraction of sp³-hybridized carbons (Fsp3) is 0.385. The first-order valence-electron chi connectivity index (χ1n) is 6.05. The summed E-state index contributed by atoms with van der Waals surface area (Å²) in [5.41, 5.74) is 0.0416. The first-order chi connectivity index (χ1) is 9.02. The Hall–Kier alpha value is -1.62. The number of carbonyl (C=O) groups excluding carboxylic acids is 2. The summed E-state index contributed by atoms with van der Waals surface area (Å²) in [7, 11) is 0. The molecule has 0 bridgehead atoms. The van der Waals surface area contributed by atoms with Crippen molar-refractivity contribution in [3.8, 4) is 0 Å². The normalized spacial score (nSPS) is 18.8. The lowest BCUT2D eigenvalue weighted by Crippen LogP contribution is -2.28. The Bertz CT molecular complexity index is 521. The average Bonchev–Trinajstić information content (AvgIpc) is 2.76. The average molecular weight is 285 g/mol. The zero-order chi connectivity index (χ0) is 14.0. The van der Waals surface area contributed by atoms with Crippen LogP contribution in [0.25, 0.3) is 0 Å². The van der Waals surface area contributed by atoms with E-state index in [2.05, 4.69) is 5.32 Å². The van der Waals surface area contributed by atoms with Crippen LogP contribution in [0.15, 0.2) is 18.2 Å². The molecule has 1 heterocycles. The molecule has 102 valence electrons. The van der Waals surface area contributed by atoms with Gasteiger partial charge in [-0.3, -0.25) is 9.59 Å². The van der Waals surface area contributed by atoms with Crippen molar-refractivity contribution in [2.75, 3.05) is 18.4 Å². The van der Waals surface area contributed by atoms with Gasteiger partial charge >= 0.3 is 0 Å². The molecule has 6 heteroatoms. The SMILES string of the molecule is CCN1CC(C(=O)Nc2cccc(Cl)c2F)CC1=O. The third kappa shape index (κ3) is 2.87. The van der Waals surface area contributed by atoms with Crippen LogP contribution in [-0.4, -0.2) is 29.8 Å². The summed E-state index contributed by atoms with van der Waals surface area (Å²) < 4.78 is 13.6. The quantitative estimate of drug-likeness (QED) is 0.926. The van der Waals surface area contributed by atoms with Crippen LogP contribution < -0.4 is 5.32 Å². The lowest BCUT2D eigenvalue weighted by Gasteiger charge is -2.14. The number of anilines is 1. The number of carbonyl (C=O) groups is 2. The number of amides is 2. The lowest BCUT2D eigenvalue weighted by atomic mass is 10.1. The highest BCUT2D eigenvalue weighted by Gasteiger charge is 2.33. The van der Waals surface area contributed by atoms with Crippen molar-refractivity contribution < 1.29 is 14.0 Å². The number of hydrogen-bond donors (Lipinski definition) is 1. The Morgan fingerprint density at radius 2 is 2.32 bits per heavy atom. The maximum absolute atomic E-state index is 13.6. The Morgan fingerprint density at radius 3 is 2.95 bits per heavy atom. The molecule has 19 heavy (non-hydrogen) atoms. The zero-order valence-electron chi connectivity index (χ0n) is 10.5. The lowest BCUT2D eigenvalue weighted by molar-refractivity contribution is -0.128. The van der Waals surface area contributed by atoms with Crippen molar-refractivity contribution in [1.82, 2.24) is 4.90 Å². The molecule has 0 saturated carbocycles. The van der Waals surface area contributed by atoms with Gasteiger partial charge in [-0.1, -0.05) is 17.7 Å². The molecule has 2 amide bonds. The third-order valence-electron chi connectivity index (χ3n) is 3.18. The second-order valence-corrected chi connectivity index (χ2v) is 4.83. The molecule has 0 aromatic heterocycles. The first-order valence-corrected chi connectivity index (χ1v) is 6.43. The van der Waals surface area contributed by atoms with Gasteiger partial charge in [0.1, 0.15) is 0 Å². The van der Waals surface area contributed by atoms with Gasteiger partial charge < -0.3 is 10.2 Å². The summed E-state index contributed by atoms with van der Waals surface area (Å²) in [5.74, 6) is -1.50. The van der Waals surface area contributed by atoms with Crippen LogP contribution in [0.3, 0.4) is 0 Å². The molecule has 1 aromatic rings. The monoisotopic (exact) mass is 284 g/mol. The van der Waals surface area contributed by atoms with E-state index in [1.54, 1.807) is 11.0 Å². The standard InChI is InChI=1S/C13H14ClFN2O2/c1-2-17-7-8(6-11(17)18)13(19)16-10-5-3-4-9(14)12(10)15/h3-5,8H,2,6-7H2,1H3,(H,16,19). The number of halogens is 2. The van der Waals surface area contributed by atoms with E-state index in [4.69, 9.17) is 11.6 Å². The second-order valence-electron chi connectivity index (χ2n) is 4.42. The molecule has 1 fully saturated rings. The van der Waals surface area contributed by atoms with Gasteiger partial charge in [0.15, 0.2) is 5.82 Å². The van der Waals surface area contributed by atoms with Crippen LogP contribution in [0.4, 0.5) is 10.1 Å². The number of likely N-dealkylation sites (tertiary alicyclic amines) is 1. The molecule has 1 N–H and O–H groups in total. The van der Waals surface area contributed by atoms with E-state index in [1.165, 1.54) is 12.1 Å². The van der Waals surface area contributed by atoms with Crippen molar-refractivity contribution in [3.63, 3.8) is 0 Å². The molecular weight excluding hydrogens is 271 g/mol. The minimum absolute atomic E-state index is 0.0416. The maximum atomic E-state index is 13.6. The molecule has 1 atom stereocenters. The van der Waals surface area contributed by atoms with Gasteiger partial charge in [-0.05, 0) is 19.1 Å². The van der Waals surface area contributed by atoms with E-state index in [-0.39, 0.29) is 28.9 Å². The summed E-state index contributed by atoms with van der Waals surface area (Å²) in [5, 5.41) is 2.44. The predicted octanol–water partition coefficient (Wildman–Crippen LogP) is 2.29. The molecule has 0 aliphatic carbocycles. The fourth-order valence-corrected chi connectivity index (χ4v) is 2.26. The minimum Gasteiger partial charge on any atom is -0.342 e. The van der Waals surface area contributed by atoms with Crippen LogP contribution in [0.5, 0.6) is 0 Å². The first kappa shape index (κ1) is 13.8. The van der Waals surface area contributed by atoms with Gasteiger partial charge in [0.05, 0.1) is 16.6 Å². The smallest absolute Gasteiger partial charge is 0.229 e. The molecule has 4 nitrogen and oxygen atoms in total. The van der Waals surface area contributed by atoms with Crippen LogP contribution in [0.2, 0.25) is 5.02 Å². The van der Waals surface area contributed by atoms with Crippen molar-refractivity contribution in [2.45, 2.75) is 13.3 Å². The molecule has 0 radical (unpaired) electrons. The summed E-state index contributed by atoms with van der Waals surface area (Å²) in [6, 6.07) is 4.40. The van der Waals surface area contributed by atoms with E-state index < -0.39 is 11.7 Å². The van der Waals surface area contributed by atoms with E-state index in [9.17, 15) is 14.0 Å². The van der Waals surface area contributed by atoms with Gasteiger partial charge in [-0.25, -0.2) is 4.39 Å². The highest BCUT2D eigenvalue weighted by atomic mass is 35.5. The van der Waals surface area contributed by atoms with E-state index in [0.29, 0.717) is 13.1 Å². The van der Waals surface area contributed by atoms with Gasteiger partial charge in [0.25, 0.3) is 0 Å². The maximum Gasteiger partial charge on any atom is 0.229 e. The molecule has 1 unspecified atom stereocenters. The zero-order valence-corrected chi connectivity index (χ0v) is 11.2. The van der Waals surface area contributed by atoms with Crippen LogP contribution in [-0.2, 0) is 9.59 Å². The van der Waals surface area contributed by atoms with E-state index in [0.717, 1.165) is 0 Å². The van der Waals surface area contributed by atoms with Gasteiger partial charge in [-0.15, -0.1) is 0 Å². The Balaban J connectivity index is 2.06. The number of benzene rings is 1. The number of hydrogen-bond acceptors (Lipinski definition) is 2. The van der Waals surface area contributed by atoms with Gasteiger partial charge in [-0.2, -0.15) is 0 Å². The van der Waals surface area contributed by atoms with Crippen molar-refractivity contribution >= 4 is 29.1 Å². The molecule has 2 rings (SSSR count). The van der Waals surface area contributed by atoms with Crippen LogP contribution >= 0.6 is 11.6 Å². The highest BCUT2D eigenvalue weighted by Crippen LogP contribution is 2.24. The summed E-state index contributed by atoms with van der Waals surface area (Å²) in [6.45, 7) is 2.81. The fourth-order valence-electron chi connectivity index (χ4n) is 2.09. The largest absolute Gasteiger partial charge is 0.342 e. The third-order valence-corrected chi connectivity index (χ3v) is 3.47. The van der Waals surface area contributed by atoms with Crippen molar-refractivity contribution in [3.05, 3.63) is 29.0 Å². The number of rotatable bonds is 3. The Kier molecular flexibility index (Phi) is 4.04. The molecule has 1 aromatic carbocycles. The van der Waals surface area contributed by atoms with Crippen LogP contribution in [0.1, 0.15) is 13.3 Å². The second kappa shape index (κ2) is 5.57. The van der Waals surface area contributed by atoms with Crippen LogP contribution in [0, 0.1) is 11.7 Å². The molecule has 1 saturated heterocycles. The molecule has 1 aliphatic rings. The molecule has 0 spiro atoms. The summed E-state index contributed by atoms with van der Waals surface area (Å²) in [6.07, 6.45) is 0.169. The summed E-state index contributed by atoms with van der Waals surface area (Å²) >= 11 is 5.64. The number of nitrogens with zero attached hydrogens (tertiary/aromatic N) is 1. The van der Waals surface area contributed by atoms with Gasteiger partial charge in [0.2, 0.25) is 11.8 Å². The highest BCUT2D eigenvalue weighted by molar-refractivity contribution is 6.31. The Labute approximate surface area is 115 Å². The summed E-state index contributed by atoms with van der Waals surface area (Å²) in [4.78, 5) is 25.1. The van der Waals surface area contributed by atoms with Crippen molar-refractivity contribution in [2.24, 2.45) is 5.92 Å². The predicted molar refractivity (Wildman–Crippen MR) is 70.4 cm³/mol. The Morgan fingerprint density at radius 1 is 1.58 bits per heavy atom. The van der Waals surface area contributed by atoms with Crippen molar-refractivity contribution in [1.29, 1.82) is 0 Å². The molecular formula is C13H14ClFN2O2. The van der Waals surface area contributed by atoms with E-state index >= 15 is 0 Å². The molecule has 1 aliphatic heterocycles.